The molecule has 1 atom stereocenters. The summed E-state index contributed by atoms with van der Waals surface area (Å²) in [6.45, 7) is 2.09. The fraction of sp³-hybridized carbons (Fsp3) is 0.182. The van der Waals surface area contributed by atoms with Crippen LogP contribution < -0.4 is 16.0 Å². The number of anilines is 1. The molecular weight excluding hydrogens is 389 g/mol. The van der Waals surface area contributed by atoms with E-state index in [-0.39, 0.29) is 36.8 Å². The zero-order valence-electron chi connectivity index (χ0n) is 16.0. The quantitative estimate of drug-likeness (QED) is 0.532. The van der Waals surface area contributed by atoms with Crippen LogP contribution in [0.25, 0.3) is 0 Å². The normalized spacial score (nSPS) is 11.7. The molecule has 7 heteroatoms. The van der Waals surface area contributed by atoms with Crippen LogP contribution in [0.15, 0.2) is 66.0 Å². The first-order chi connectivity index (χ1) is 14.0. The molecule has 0 bridgehead atoms. The highest BCUT2D eigenvalue weighted by molar-refractivity contribution is 7.10. The first-order valence-electron chi connectivity index (χ1n) is 9.26. The highest BCUT2D eigenvalue weighted by Gasteiger charge is 2.20. The molecule has 4 N–H and O–H groups in total. The van der Waals surface area contributed by atoms with Gasteiger partial charge in [-0.25, -0.2) is 4.39 Å². The lowest BCUT2D eigenvalue weighted by Gasteiger charge is -2.15. The number of thiophene rings is 1. The smallest absolute Gasteiger partial charge is 0.275 e. The van der Waals surface area contributed by atoms with Gasteiger partial charge in [-0.05, 0) is 42.6 Å². The van der Waals surface area contributed by atoms with Crippen molar-refractivity contribution in [3.8, 4) is 0 Å². The summed E-state index contributed by atoms with van der Waals surface area (Å²) in [5.41, 5.74) is 2.79. The topological polar surface area (TPSA) is 74.8 Å². The van der Waals surface area contributed by atoms with Crippen molar-refractivity contribution >= 4 is 28.8 Å². The number of amides is 2. The maximum Gasteiger partial charge on any atom is 0.275 e. The molecule has 0 saturated carbocycles. The van der Waals surface area contributed by atoms with E-state index in [9.17, 15) is 14.0 Å². The first-order valence-corrected chi connectivity index (χ1v) is 10.1. The molecular formula is C22H23FN3O2S+. The van der Waals surface area contributed by atoms with Gasteiger partial charge in [-0.1, -0.05) is 35.9 Å². The maximum absolute atomic E-state index is 12.9. The number of rotatable bonds is 8. The zero-order chi connectivity index (χ0) is 20.6. The molecule has 5 nitrogen and oxygen atoms in total. The molecule has 0 aliphatic heterocycles. The minimum absolute atomic E-state index is 0.0226. The van der Waals surface area contributed by atoms with Crippen LogP contribution in [-0.4, -0.2) is 24.9 Å². The van der Waals surface area contributed by atoms with E-state index in [4.69, 9.17) is 0 Å². The Morgan fingerprint density at radius 2 is 1.76 bits per heavy atom. The highest BCUT2D eigenvalue weighted by atomic mass is 32.1. The summed E-state index contributed by atoms with van der Waals surface area (Å²) >= 11 is 1.65. The minimum atomic E-state index is -0.374. The van der Waals surface area contributed by atoms with E-state index < -0.39 is 0 Å². The molecule has 1 heterocycles. The Labute approximate surface area is 173 Å². The van der Waals surface area contributed by atoms with Crippen LogP contribution in [0.5, 0.6) is 0 Å². The molecule has 0 radical (unpaired) electrons. The van der Waals surface area contributed by atoms with Crippen LogP contribution in [0.1, 0.15) is 22.0 Å². The number of hydrogen-bond acceptors (Lipinski definition) is 3. The number of benzene rings is 2. The SMILES string of the molecule is Cc1ccc([C@@H]([NH2+]CC(=O)NCC(=O)Nc2ccc(F)cc2)c2cccs2)cc1. The first kappa shape index (κ1) is 20.7. The molecule has 3 aromatic rings. The van der Waals surface area contributed by atoms with Crippen LogP contribution in [-0.2, 0) is 9.59 Å². The number of hydrogen-bond donors (Lipinski definition) is 3. The third-order valence-corrected chi connectivity index (χ3v) is 5.35. The van der Waals surface area contributed by atoms with Gasteiger partial charge in [0.25, 0.3) is 5.91 Å². The lowest BCUT2D eigenvalue weighted by Crippen LogP contribution is -2.87. The van der Waals surface area contributed by atoms with Gasteiger partial charge >= 0.3 is 0 Å². The predicted octanol–water partition coefficient (Wildman–Crippen LogP) is 2.60. The van der Waals surface area contributed by atoms with E-state index >= 15 is 0 Å². The van der Waals surface area contributed by atoms with Crippen molar-refractivity contribution in [1.82, 2.24) is 5.32 Å². The summed E-state index contributed by atoms with van der Waals surface area (Å²) < 4.78 is 12.9. The summed E-state index contributed by atoms with van der Waals surface area (Å²) in [6, 6.07) is 17.8. The number of halogens is 1. The van der Waals surface area contributed by atoms with Gasteiger partial charge in [-0.15, -0.1) is 11.3 Å². The molecule has 0 aliphatic carbocycles. The van der Waals surface area contributed by atoms with E-state index in [2.05, 4.69) is 41.0 Å². The van der Waals surface area contributed by atoms with Crippen molar-refractivity contribution in [2.45, 2.75) is 13.0 Å². The molecule has 1 aromatic heterocycles. The Hall–Kier alpha value is -3.03. The molecule has 3 rings (SSSR count). The molecule has 0 fully saturated rings. The number of quaternary nitrogens is 1. The van der Waals surface area contributed by atoms with Gasteiger partial charge in [0.1, 0.15) is 11.9 Å². The van der Waals surface area contributed by atoms with Crippen LogP contribution >= 0.6 is 11.3 Å². The number of nitrogens with one attached hydrogen (secondary N) is 2. The summed E-state index contributed by atoms with van der Waals surface area (Å²) in [5.74, 6) is -0.966. The molecule has 2 aromatic carbocycles. The Morgan fingerprint density at radius 1 is 1.03 bits per heavy atom. The molecule has 2 amide bonds. The van der Waals surface area contributed by atoms with Gasteiger partial charge < -0.3 is 16.0 Å². The summed E-state index contributed by atoms with van der Waals surface area (Å²) in [6.07, 6.45) is 0. The molecule has 0 unspecified atom stereocenters. The molecule has 0 aliphatic rings. The van der Waals surface area contributed by atoms with Gasteiger partial charge in [0.15, 0.2) is 6.54 Å². The van der Waals surface area contributed by atoms with Crippen LogP contribution in [0.3, 0.4) is 0 Å². The molecule has 29 heavy (non-hydrogen) atoms. The largest absolute Gasteiger partial charge is 0.342 e. The maximum atomic E-state index is 12.9. The van der Waals surface area contributed by atoms with Gasteiger partial charge in [0.2, 0.25) is 5.91 Å². The van der Waals surface area contributed by atoms with Gasteiger partial charge in [-0.2, -0.15) is 0 Å². The van der Waals surface area contributed by atoms with E-state index in [1.807, 2.05) is 23.7 Å². The fourth-order valence-corrected chi connectivity index (χ4v) is 3.72. The van der Waals surface area contributed by atoms with Gasteiger partial charge in [0, 0.05) is 11.3 Å². The van der Waals surface area contributed by atoms with Crippen LogP contribution in [0, 0.1) is 12.7 Å². The van der Waals surface area contributed by atoms with Gasteiger partial charge in [0.05, 0.1) is 11.4 Å². The van der Waals surface area contributed by atoms with Crippen LogP contribution in [0.2, 0.25) is 0 Å². The third-order valence-electron chi connectivity index (χ3n) is 4.40. The van der Waals surface area contributed by atoms with Crippen molar-refractivity contribution in [3.63, 3.8) is 0 Å². The average molecular weight is 413 g/mol. The van der Waals surface area contributed by atoms with Crippen molar-refractivity contribution in [1.29, 1.82) is 0 Å². The average Bonchev–Trinajstić information content (AvgIpc) is 3.24. The van der Waals surface area contributed by atoms with Crippen molar-refractivity contribution in [2.75, 3.05) is 18.4 Å². The minimum Gasteiger partial charge on any atom is -0.342 e. The third kappa shape index (κ3) is 6.23. The lowest BCUT2D eigenvalue weighted by atomic mass is 10.0. The van der Waals surface area contributed by atoms with Crippen molar-refractivity contribution in [3.05, 3.63) is 87.9 Å². The highest BCUT2D eigenvalue weighted by Crippen LogP contribution is 2.22. The molecule has 0 spiro atoms. The second-order valence-electron chi connectivity index (χ2n) is 6.68. The monoisotopic (exact) mass is 412 g/mol. The number of nitrogens with two attached hydrogens (primary N) is 1. The van der Waals surface area contributed by atoms with Crippen LogP contribution in [0.4, 0.5) is 10.1 Å². The number of carbonyl (C=O) groups excluding carboxylic acids is 2. The second-order valence-corrected chi connectivity index (χ2v) is 7.65. The second kappa shape index (κ2) is 9.95. The Bertz CT molecular complexity index is 941. The molecule has 150 valence electrons. The van der Waals surface area contributed by atoms with Crippen molar-refractivity contribution < 1.29 is 19.3 Å². The zero-order valence-corrected chi connectivity index (χ0v) is 16.8. The summed E-state index contributed by atoms with van der Waals surface area (Å²) in [7, 11) is 0. The van der Waals surface area contributed by atoms with E-state index in [1.165, 1.54) is 29.8 Å². The summed E-state index contributed by atoms with van der Waals surface area (Å²) in [5, 5.41) is 9.22. The predicted molar refractivity (Wildman–Crippen MR) is 112 cm³/mol. The Balaban J connectivity index is 1.51. The summed E-state index contributed by atoms with van der Waals surface area (Å²) in [4.78, 5) is 25.4. The molecule has 0 saturated heterocycles. The van der Waals surface area contributed by atoms with Gasteiger partial charge in [-0.3, -0.25) is 9.59 Å². The van der Waals surface area contributed by atoms with E-state index in [1.54, 1.807) is 11.3 Å². The lowest BCUT2D eigenvalue weighted by molar-refractivity contribution is -0.676. The van der Waals surface area contributed by atoms with Crippen molar-refractivity contribution in [2.24, 2.45) is 0 Å². The standard InChI is InChI=1S/C22H22FN3O2S/c1-15-4-6-16(7-5-15)22(19-3-2-12-29-19)25-13-20(27)24-14-21(28)26-18-10-8-17(23)9-11-18/h2-12,22,25H,13-14H2,1H3,(H,24,27)(H,26,28)/p+1/t22-/m1/s1. The van der Waals surface area contributed by atoms with E-state index in [0.717, 1.165) is 10.4 Å². The number of aryl methyl sites for hydroxylation is 1. The van der Waals surface area contributed by atoms with E-state index in [0.29, 0.717) is 5.69 Å². The Kier molecular flexibility index (Phi) is 7.10. The Morgan fingerprint density at radius 3 is 2.41 bits per heavy atom. The number of carbonyl (C=O) groups is 2. The fourth-order valence-electron chi connectivity index (χ4n) is 2.87.